The molecule has 1 aliphatic rings. The van der Waals surface area contributed by atoms with Crippen LogP contribution in [-0.2, 0) is 28.3 Å². The van der Waals surface area contributed by atoms with Crippen molar-refractivity contribution >= 4 is 46.8 Å². The summed E-state index contributed by atoms with van der Waals surface area (Å²) in [7, 11) is 0. The van der Waals surface area contributed by atoms with Crippen LogP contribution >= 0.6 is 35.0 Å². The van der Waals surface area contributed by atoms with Crippen LogP contribution in [0.4, 0.5) is 0 Å². The molecule has 206 valence electrons. The minimum Gasteiger partial charge on any atom is -0.352 e. The predicted octanol–water partition coefficient (Wildman–Crippen LogP) is 7.62. The number of carbonyl (C=O) groups is 2. The first kappa shape index (κ1) is 29.5. The molecule has 3 aromatic carbocycles. The highest BCUT2D eigenvalue weighted by molar-refractivity contribution is 7.99. The van der Waals surface area contributed by atoms with E-state index in [0.29, 0.717) is 16.5 Å². The molecule has 39 heavy (non-hydrogen) atoms. The number of hydrogen-bond acceptors (Lipinski definition) is 3. The summed E-state index contributed by atoms with van der Waals surface area (Å²) in [4.78, 5) is 29.4. The largest absolute Gasteiger partial charge is 0.352 e. The quantitative estimate of drug-likeness (QED) is 0.253. The van der Waals surface area contributed by atoms with Gasteiger partial charge in [0, 0.05) is 24.8 Å². The zero-order valence-electron chi connectivity index (χ0n) is 22.4. The van der Waals surface area contributed by atoms with Crippen molar-refractivity contribution in [1.82, 2.24) is 10.2 Å². The molecule has 0 spiro atoms. The predicted molar refractivity (Wildman–Crippen MR) is 163 cm³/mol. The molecule has 0 aliphatic heterocycles. The van der Waals surface area contributed by atoms with Crippen molar-refractivity contribution < 1.29 is 9.59 Å². The average molecular weight is 584 g/mol. The van der Waals surface area contributed by atoms with Gasteiger partial charge in [0.1, 0.15) is 6.04 Å². The fraction of sp³-hybridized carbons (Fsp3) is 0.375. The van der Waals surface area contributed by atoms with E-state index in [9.17, 15) is 9.59 Å². The van der Waals surface area contributed by atoms with E-state index in [0.717, 1.165) is 42.6 Å². The van der Waals surface area contributed by atoms with Crippen molar-refractivity contribution in [2.24, 2.45) is 0 Å². The lowest BCUT2D eigenvalue weighted by molar-refractivity contribution is -0.139. The van der Waals surface area contributed by atoms with Crippen molar-refractivity contribution in [2.75, 3.05) is 5.75 Å². The Morgan fingerprint density at radius 2 is 1.59 bits per heavy atom. The van der Waals surface area contributed by atoms with Crippen LogP contribution in [0, 0.1) is 6.92 Å². The van der Waals surface area contributed by atoms with E-state index in [2.05, 4.69) is 36.5 Å². The fourth-order valence-corrected chi connectivity index (χ4v) is 6.15. The Morgan fingerprint density at radius 3 is 2.28 bits per heavy atom. The van der Waals surface area contributed by atoms with Gasteiger partial charge in [-0.25, -0.2) is 0 Å². The lowest BCUT2D eigenvalue weighted by Crippen LogP contribution is -2.53. The third-order valence-corrected chi connectivity index (χ3v) is 8.90. The van der Waals surface area contributed by atoms with E-state index in [1.54, 1.807) is 28.8 Å². The van der Waals surface area contributed by atoms with Gasteiger partial charge in [-0.2, -0.15) is 0 Å². The molecular formula is C32H36Cl2N2O2S. The van der Waals surface area contributed by atoms with Crippen LogP contribution in [0.5, 0.6) is 0 Å². The van der Waals surface area contributed by atoms with Crippen molar-refractivity contribution in [3.05, 3.63) is 105 Å². The molecule has 0 aromatic heterocycles. The second kappa shape index (κ2) is 14.8. The lowest BCUT2D eigenvalue weighted by atomic mass is 9.94. The topological polar surface area (TPSA) is 49.4 Å². The Bertz CT molecular complexity index is 1230. The van der Waals surface area contributed by atoms with Gasteiger partial charge in [0.2, 0.25) is 11.8 Å². The van der Waals surface area contributed by atoms with Gasteiger partial charge in [-0.05, 0) is 48.6 Å². The van der Waals surface area contributed by atoms with Crippen LogP contribution in [-0.4, -0.2) is 34.6 Å². The van der Waals surface area contributed by atoms with E-state index in [1.807, 2.05) is 36.4 Å². The smallest absolute Gasteiger partial charge is 0.243 e. The van der Waals surface area contributed by atoms with Crippen LogP contribution in [0.15, 0.2) is 72.8 Å². The minimum atomic E-state index is -0.642. The molecule has 1 saturated carbocycles. The summed E-state index contributed by atoms with van der Waals surface area (Å²) in [5.41, 5.74) is 4.23. The molecule has 4 rings (SSSR count). The number of carbonyl (C=O) groups excluding carboxylic acids is 2. The van der Waals surface area contributed by atoms with Gasteiger partial charge in [0.15, 0.2) is 0 Å². The summed E-state index contributed by atoms with van der Waals surface area (Å²) >= 11 is 14.1. The normalized spacial score (nSPS) is 14.5. The molecule has 0 heterocycles. The number of nitrogens with zero attached hydrogens (tertiary/aromatic N) is 1. The van der Waals surface area contributed by atoms with Gasteiger partial charge >= 0.3 is 0 Å². The Morgan fingerprint density at radius 1 is 0.897 bits per heavy atom. The summed E-state index contributed by atoms with van der Waals surface area (Å²) in [5, 5.41) is 4.17. The standard InChI is InChI=1S/C32H36Cl2N2O2S/c1-23-12-14-25(15-13-23)21-39-22-31(37)36(20-26-16-17-28(33)29(34)18-26)30(19-24-8-4-2-5-9-24)32(38)35-27-10-6-3-7-11-27/h2,4-5,8-9,12-18,27,30H,3,6-7,10-11,19-22H2,1H3,(H,35,38). The van der Waals surface area contributed by atoms with Crippen LogP contribution < -0.4 is 5.32 Å². The number of benzene rings is 3. The van der Waals surface area contributed by atoms with E-state index < -0.39 is 6.04 Å². The number of nitrogens with one attached hydrogen (secondary N) is 1. The van der Waals surface area contributed by atoms with Crippen molar-refractivity contribution in [3.8, 4) is 0 Å². The van der Waals surface area contributed by atoms with Crippen LogP contribution in [0.3, 0.4) is 0 Å². The summed E-state index contributed by atoms with van der Waals surface area (Å²) in [6.45, 7) is 2.34. The van der Waals surface area contributed by atoms with E-state index in [-0.39, 0.29) is 30.2 Å². The van der Waals surface area contributed by atoms with E-state index >= 15 is 0 Å². The SMILES string of the molecule is Cc1ccc(CSCC(=O)N(Cc2ccc(Cl)c(Cl)c2)C(Cc2ccccc2)C(=O)NC2CCCCC2)cc1. The summed E-state index contributed by atoms with van der Waals surface area (Å²) in [6.07, 6.45) is 5.86. The Kier molecular flexibility index (Phi) is 11.2. The summed E-state index contributed by atoms with van der Waals surface area (Å²) in [6, 6.07) is 23.2. The molecule has 2 amide bonds. The Labute approximate surface area is 246 Å². The maximum Gasteiger partial charge on any atom is 0.243 e. The first-order valence-electron chi connectivity index (χ1n) is 13.6. The Balaban J connectivity index is 1.57. The van der Waals surface area contributed by atoms with Crippen LogP contribution in [0.2, 0.25) is 10.0 Å². The molecule has 3 aromatic rings. The molecule has 0 radical (unpaired) electrons. The highest BCUT2D eigenvalue weighted by atomic mass is 35.5. The van der Waals surface area contributed by atoms with E-state index in [4.69, 9.17) is 23.2 Å². The highest BCUT2D eigenvalue weighted by Crippen LogP contribution is 2.25. The summed E-state index contributed by atoms with van der Waals surface area (Å²) < 4.78 is 0. The zero-order chi connectivity index (χ0) is 27.6. The number of thioether (sulfide) groups is 1. The maximum atomic E-state index is 13.8. The number of amides is 2. The lowest BCUT2D eigenvalue weighted by Gasteiger charge is -2.33. The monoisotopic (exact) mass is 582 g/mol. The molecule has 7 heteroatoms. The molecule has 1 aliphatic carbocycles. The minimum absolute atomic E-state index is 0.0714. The molecule has 1 atom stereocenters. The number of rotatable bonds is 11. The van der Waals surface area contributed by atoms with Crippen molar-refractivity contribution in [1.29, 1.82) is 0 Å². The highest BCUT2D eigenvalue weighted by Gasteiger charge is 2.32. The summed E-state index contributed by atoms with van der Waals surface area (Å²) in [5.74, 6) is 0.835. The van der Waals surface area contributed by atoms with Gasteiger partial charge in [0.25, 0.3) is 0 Å². The molecule has 1 fully saturated rings. The average Bonchev–Trinajstić information content (AvgIpc) is 2.94. The van der Waals surface area contributed by atoms with Crippen molar-refractivity contribution in [3.63, 3.8) is 0 Å². The number of aryl methyl sites for hydroxylation is 1. The third kappa shape index (κ3) is 9.02. The van der Waals surface area contributed by atoms with Gasteiger partial charge in [0.05, 0.1) is 15.8 Å². The Hall–Kier alpha value is -2.47. The van der Waals surface area contributed by atoms with Crippen LogP contribution in [0.25, 0.3) is 0 Å². The first-order valence-corrected chi connectivity index (χ1v) is 15.5. The van der Waals surface area contributed by atoms with Crippen molar-refractivity contribution in [2.45, 2.75) is 69.8 Å². The number of hydrogen-bond donors (Lipinski definition) is 1. The zero-order valence-corrected chi connectivity index (χ0v) is 24.7. The second-order valence-corrected chi connectivity index (χ2v) is 12.1. The molecule has 0 saturated heterocycles. The van der Waals surface area contributed by atoms with Gasteiger partial charge < -0.3 is 10.2 Å². The molecular weight excluding hydrogens is 547 g/mol. The van der Waals surface area contributed by atoms with Gasteiger partial charge in [-0.3, -0.25) is 9.59 Å². The van der Waals surface area contributed by atoms with E-state index in [1.165, 1.54) is 17.5 Å². The fourth-order valence-electron chi connectivity index (χ4n) is 4.96. The second-order valence-electron chi connectivity index (χ2n) is 10.3. The van der Waals surface area contributed by atoms with Crippen LogP contribution in [0.1, 0.15) is 54.4 Å². The molecule has 4 nitrogen and oxygen atoms in total. The molecule has 1 unspecified atom stereocenters. The first-order chi connectivity index (χ1) is 18.9. The molecule has 1 N–H and O–H groups in total. The number of halogens is 2. The third-order valence-electron chi connectivity index (χ3n) is 7.17. The van der Waals surface area contributed by atoms with Gasteiger partial charge in [-0.15, -0.1) is 11.8 Å². The maximum absolute atomic E-state index is 13.8. The van der Waals surface area contributed by atoms with Gasteiger partial charge in [-0.1, -0.05) is 109 Å². The molecule has 0 bridgehead atoms.